The first kappa shape index (κ1) is 26.9. The molecule has 1 aromatic carbocycles. The van der Waals surface area contributed by atoms with Gasteiger partial charge in [-0.2, -0.15) is 0 Å². The molecule has 2 N–H and O–H groups in total. The van der Waals surface area contributed by atoms with E-state index in [1.54, 1.807) is 13.0 Å². The summed E-state index contributed by atoms with van der Waals surface area (Å²) in [5.41, 5.74) is 3.70. The number of oxazole rings is 1. The van der Waals surface area contributed by atoms with E-state index in [0.717, 1.165) is 43.5 Å². The monoisotopic (exact) mass is 525 g/mol. The van der Waals surface area contributed by atoms with Crippen LogP contribution in [0.25, 0.3) is 11.6 Å². The Morgan fingerprint density at radius 2 is 1.86 bits per heavy atom. The highest BCUT2D eigenvalue weighted by atomic mass is 35.5. The van der Waals surface area contributed by atoms with Gasteiger partial charge in [0.25, 0.3) is 5.91 Å². The first-order chi connectivity index (χ1) is 17.7. The number of aromatic nitrogens is 2. The summed E-state index contributed by atoms with van der Waals surface area (Å²) in [7, 11) is 4.29. The summed E-state index contributed by atoms with van der Waals surface area (Å²) in [5, 5.41) is 3.43. The Kier molecular flexibility index (Phi) is 8.39. The molecule has 1 saturated carbocycles. The van der Waals surface area contributed by atoms with Crippen LogP contribution in [-0.4, -0.2) is 53.5 Å². The van der Waals surface area contributed by atoms with Crippen molar-refractivity contribution in [3.63, 3.8) is 0 Å². The van der Waals surface area contributed by atoms with Gasteiger partial charge < -0.3 is 24.5 Å². The number of amides is 1. The number of benzene rings is 1. The predicted octanol–water partition coefficient (Wildman–Crippen LogP) is 4.93. The number of halogens is 1. The number of nitrogens with zero attached hydrogens (tertiary/aromatic N) is 3. The first-order valence-corrected chi connectivity index (χ1v) is 13.2. The van der Waals surface area contributed by atoms with Crippen LogP contribution < -0.4 is 15.6 Å². The molecule has 9 heteroatoms. The number of aromatic amines is 1. The molecular weight excluding hydrogens is 490 g/mol. The molecule has 2 heterocycles. The second-order valence-electron chi connectivity index (χ2n) is 10.00. The normalized spacial score (nSPS) is 17.7. The topological polar surface area (TPSA) is 94.5 Å². The second kappa shape index (κ2) is 11.5. The third-order valence-electron chi connectivity index (χ3n) is 7.42. The van der Waals surface area contributed by atoms with E-state index < -0.39 is 0 Å². The molecule has 0 atom stereocenters. The van der Waals surface area contributed by atoms with Crippen molar-refractivity contribution < 1.29 is 9.21 Å². The third-order valence-corrected chi connectivity index (χ3v) is 7.64. The second-order valence-corrected chi connectivity index (χ2v) is 10.4. The van der Waals surface area contributed by atoms with Crippen molar-refractivity contribution in [2.75, 3.05) is 25.5 Å². The summed E-state index contributed by atoms with van der Waals surface area (Å²) in [6.07, 6.45) is 7.47. The van der Waals surface area contributed by atoms with E-state index in [1.807, 2.05) is 13.0 Å². The number of H-pyrrole nitrogens is 1. The average molecular weight is 526 g/mol. The van der Waals surface area contributed by atoms with Crippen molar-refractivity contribution >= 4 is 23.2 Å². The maximum absolute atomic E-state index is 13.4. The minimum Gasteiger partial charge on any atom is -0.443 e. The van der Waals surface area contributed by atoms with Crippen LogP contribution in [0.4, 0.5) is 5.69 Å². The van der Waals surface area contributed by atoms with Crippen molar-refractivity contribution in [1.29, 1.82) is 0 Å². The van der Waals surface area contributed by atoms with Gasteiger partial charge in [-0.15, -0.1) is 0 Å². The van der Waals surface area contributed by atoms with Crippen LogP contribution in [0.3, 0.4) is 0 Å². The summed E-state index contributed by atoms with van der Waals surface area (Å²) in [6.45, 7) is 6.76. The number of carbonyl (C=O) groups excluding carboxylic acids is 1. The molecule has 0 aliphatic heterocycles. The maximum Gasteiger partial charge on any atom is 0.251 e. The number of rotatable bonds is 8. The fraction of sp³-hybridized carbons (Fsp3) is 0.464. The van der Waals surface area contributed by atoms with Gasteiger partial charge >= 0.3 is 0 Å². The quantitative estimate of drug-likeness (QED) is 0.433. The van der Waals surface area contributed by atoms with E-state index in [-0.39, 0.29) is 17.9 Å². The number of hydrogen-bond acceptors (Lipinski definition) is 6. The van der Waals surface area contributed by atoms with Gasteiger partial charge in [-0.3, -0.25) is 9.59 Å². The minimum atomic E-state index is -0.285. The molecular formula is C28H36ClN5O3. The number of carbonyl (C=O) groups is 1. The zero-order valence-corrected chi connectivity index (χ0v) is 23.0. The van der Waals surface area contributed by atoms with Crippen LogP contribution in [0.15, 0.2) is 39.9 Å². The van der Waals surface area contributed by atoms with Gasteiger partial charge in [-0.05, 0) is 78.2 Å². The van der Waals surface area contributed by atoms with Crippen LogP contribution in [0, 0.1) is 13.8 Å². The van der Waals surface area contributed by atoms with Crippen LogP contribution in [0.5, 0.6) is 0 Å². The molecule has 1 aliphatic rings. The molecule has 0 unspecified atom stereocenters. The molecule has 0 bridgehead atoms. The molecule has 37 heavy (non-hydrogen) atoms. The van der Waals surface area contributed by atoms with E-state index in [9.17, 15) is 9.59 Å². The van der Waals surface area contributed by atoms with Crippen LogP contribution >= 0.6 is 11.6 Å². The largest absolute Gasteiger partial charge is 0.443 e. The van der Waals surface area contributed by atoms with E-state index in [2.05, 4.69) is 46.1 Å². The zero-order valence-electron chi connectivity index (χ0n) is 22.2. The van der Waals surface area contributed by atoms with E-state index >= 15 is 0 Å². The van der Waals surface area contributed by atoms with E-state index in [0.29, 0.717) is 45.5 Å². The molecule has 0 saturated heterocycles. The lowest BCUT2D eigenvalue weighted by Gasteiger charge is -2.40. The lowest BCUT2D eigenvalue weighted by molar-refractivity contribution is 0.0950. The van der Waals surface area contributed by atoms with Crippen molar-refractivity contribution in [1.82, 2.24) is 20.2 Å². The Bertz CT molecular complexity index is 1290. The van der Waals surface area contributed by atoms with Crippen molar-refractivity contribution in [3.05, 3.63) is 68.3 Å². The number of nitrogens with one attached hydrogen (secondary N) is 2. The standard InChI is InChI=1S/C28H36ClN5O3/c1-6-34(21-9-7-20(8-10-21)33(4)5)24-15-19(29)14-22(18(24)3)27(36)31-16-23-25(35)13-17(2)32-26(23)28-30-11-12-37-28/h11-15,20-21H,6-10,16H2,1-5H3,(H,31,36)(H,32,35)/t20-,21-. The van der Waals surface area contributed by atoms with Crippen molar-refractivity contribution in [2.45, 2.75) is 65.1 Å². The van der Waals surface area contributed by atoms with Crippen LogP contribution in [0.2, 0.25) is 5.02 Å². The van der Waals surface area contributed by atoms with Gasteiger partial charge in [0, 0.05) is 58.8 Å². The Hall–Kier alpha value is -3.10. The maximum atomic E-state index is 13.4. The fourth-order valence-electron chi connectivity index (χ4n) is 5.39. The predicted molar refractivity (Wildman–Crippen MR) is 147 cm³/mol. The Morgan fingerprint density at radius 1 is 1.16 bits per heavy atom. The molecule has 1 amide bonds. The highest BCUT2D eigenvalue weighted by Gasteiger charge is 2.28. The molecule has 1 fully saturated rings. The van der Waals surface area contributed by atoms with Gasteiger partial charge in [0.1, 0.15) is 12.0 Å². The molecule has 0 radical (unpaired) electrons. The van der Waals surface area contributed by atoms with Crippen molar-refractivity contribution in [2.24, 2.45) is 0 Å². The number of aryl methyl sites for hydroxylation is 1. The Balaban J connectivity index is 1.57. The fourth-order valence-corrected chi connectivity index (χ4v) is 5.61. The molecule has 0 spiro atoms. The van der Waals surface area contributed by atoms with Gasteiger partial charge in [0.2, 0.25) is 5.89 Å². The van der Waals surface area contributed by atoms with E-state index in [1.165, 1.54) is 18.5 Å². The third kappa shape index (κ3) is 5.91. The zero-order chi connectivity index (χ0) is 26.7. The van der Waals surface area contributed by atoms with Crippen molar-refractivity contribution in [3.8, 4) is 11.6 Å². The Labute approximate surface area is 223 Å². The highest BCUT2D eigenvalue weighted by Crippen LogP contribution is 2.34. The molecule has 1 aliphatic carbocycles. The van der Waals surface area contributed by atoms with Crippen LogP contribution in [0.1, 0.15) is 59.8 Å². The van der Waals surface area contributed by atoms with Gasteiger partial charge in [-0.25, -0.2) is 4.98 Å². The molecule has 4 rings (SSSR count). The lowest BCUT2D eigenvalue weighted by atomic mass is 9.89. The van der Waals surface area contributed by atoms with Gasteiger partial charge in [-0.1, -0.05) is 11.6 Å². The number of hydrogen-bond donors (Lipinski definition) is 2. The highest BCUT2D eigenvalue weighted by molar-refractivity contribution is 6.31. The smallest absolute Gasteiger partial charge is 0.251 e. The number of pyridine rings is 1. The molecule has 3 aromatic rings. The van der Waals surface area contributed by atoms with Gasteiger partial charge in [0.05, 0.1) is 6.20 Å². The molecule has 198 valence electrons. The lowest BCUT2D eigenvalue weighted by Crippen LogP contribution is -2.42. The summed E-state index contributed by atoms with van der Waals surface area (Å²) >= 11 is 6.53. The van der Waals surface area contributed by atoms with Gasteiger partial charge in [0.15, 0.2) is 5.43 Å². The number of anilines is 1. The Morgan fingerprint density at radius 3 is 2.49 bits per heavy atom. The molecule has 8 nitrogen and oxygen atoms in total. The van der Waals surface area contributed by atoms with Crippen LogP contribution in [-0.2, 0) is 6.54 Å². The summed E-state index contributed by atoms with van der Waals surface area (Å²) in [6, 6.07) is 6.18. The summed E-state index contributed by atoms with van der Waals surface area (Å²) < 4.78 is 5.41. The minimum absolute atomic E-state index is 0.0273. The molecule has 2 aromatic heterocycles. The first-order valence-electron chi connectivity index (χ1n) is 12.8. The summed E-state index contributed by atoms with van der Waals surface area (Å²) in [4.78, 5) is 38.2. The average Bonchev–Trinajstić information content (AvgIpc) is 3.40. The van der Waals surface area contributed by atoms with E-state index in [4.69, 9.17) is 16.0 Å². The summed E-state index contributed by atoms with van der Waals surface area (Å²) in [5.74, 6) is 0.0146. The SMILES string of the molecule is CCN(c1cc(Cl)cc(C(=O)NCc2c(-c3ncco3)[nH]c(C)cc2=O)c1C)[C@H]1CC[C@H](N(C)C)CC1.